The topological polar surface area (TPSA) is 128 Å². The van der Waals surface area contributed by atoms with Crippen molar-refractivity contribution in [1.82, 2.24) is 19.6 Å². The molecule has 0 unspecified atom stereocenters. The molecule has 4 aromatic carbocycles. The van der Waals surface area contributed by atoms with Crippen LogP contribution in [0.1, 0.15) is 49.9 Å². The van der Waals surface area contributed by atoms with Crippen molar-refractivity contribution in [2.45, 2.75) is 65.0 Å². The predicted octanol–water partition coefficient (Wildman–Crippen LogP) is 8.30. The Labute approximate surface area is 355 Å². The van der Waals surface area contributed by atoms with Gasteiger partial charge in [0.2, 0.25) is 11.8 Å². The van der Waals surface area contributed by atoms with Crippen molar-refractivity contribution in [3.8, 4) is 0 Å². The van der Waals surface area contributed by atoms with Gasteiger partial charge in [-0.15, -0.1) is 0 Å². The molecule has 312 valence electrons. The standard InChI is InChI=1S/C23H26ClFN4O2.C22H25ClFN3O/c1-15-13-29(16(2)12-28(15)14-17-3-8-20(25)9-4-17)22(30)10-6-18-5-7-19(24)11-21(18)27-23(26)31;1-15-13-27(22(28)10-6-18-5-7-19(23)11-21(18)25)16(2)12-26(15)14-17-3-8-20(24)9-4-17/h3-11,15-16H,12-14H2,1-2H3,(H3,26,27,31);3-11,15-16H,12-14,25H2,1-2H3/b2*10-6+/t2*15-,16+/m11/s1. The Morgan fingerprint density at radius 3 is 1.51 bits per heavy atom. The van der Waals surface area contributed by atoms with Crippen LogP contribution in [0.15, 0.2) is 97.1 Å². The van der Waals surface area contributed by atoms with Gasteiger partial charge < -0.3 is 26.6 Å². The van der Waals surface area contributed by atoms with E-state index in [9.17, 15) is 23.2 Å². The monoisotopic (exact) mass is 845 g/mol. The third-order valence-electron chi connectivity index (χ3n) is 10.5. The number of benzene rings is 4. The minimum Gasteiger partial charge on any atom is -0.398 e. The summed E-state index contributed by atoms with van der Waals surface area (Å²) in [5, 5.41) is 3.53. The number of nitrogens with two attached hydrogens (primary N) is 2. The number of carbonyl (C=O) groups excluding carboxylic acids is 3. The van der Waals surface area contributed by atoms with Crippen molar-refractivity contribution in [1.29, 1.82) is 0 Å². The molecule has 0 saturated carbocycles. The summed E-state index contributed by atoms with van der Waals surface area (Å²) in [5.74, 6) is -0.619. The van der Waals surface area contributed by atoms with E-state index in [1.807, 2.05) is 35.8 Å². The molecule has 4 amide bonds. The van der Waals surface area contributed by atoms with Crippen LogP contribution < -0.4 is 16.8 Å². The van der Waals surface area contributed by atoms with Crippen LogP contribution in [0.25, 0.3) is 12.2 Å². The van der Waals surface area contributed by atoms with E-state index in [-0.39, 0.29) is 47.6 Å². The lowest BCUT2D eigenvalue weighted by atomic mass is 10.1. The Balaban J connectivity index is 0.000000225. The molecule has 2 heterocycles. The smallest absolute Gasteiger partial charge is 0.316 e. The molecule has 0 radical (unpaired) electrons. The zero-order chi connectivity index (χ0) is 42.8. The molecule has 2 fully saturated rings. The van der Waals surface area contributed by atoms with E-state index in [1.165, 1.54) is 30.3 Å². The Bertz CT molecular complexity index is 2150. The van der Waals surface area contributed by atoms with Crippen LogP contribution in [0, 0.1) is 11.6 Å². The van der Waals surface area contributed by atoms with Gasteiger partial charge in [-0.3, -0.25) is 19.4 Å². The number of amides is 4. The molecule has 4 aromatic rings. The summed E-state index contributed by atoms with van der Waals surface area (Å²) in [6.07, 6.45) is 6.44. The number of hydrogen-bond donors (Lipinski definition) is 3. The second-order valence-corrected chi connectivity index (χ2v) is 16.0. The minimum absolute atomic E-state index is 0.0160. The first-order valence-electron chi connectivity index (χ1n) is 19.4. The van der Waals surface area contributed by atoms with Crippen molar-refractivity contribution in [2.24, 2.45) is 5.73 Å². The number of piperazine rings is 2. The Morgan fingerprint density at radius 2 is 1.07 bits per heavy atom. The van der Waals surface area contributed by atoms with E-state index in [4.69, 9.17) is 34.7 Å². The number of halogens is 4. The van der Waals surface area contributed by atoms with Gasteiger partial charge in [0.15, 0.2) is 0 Å². The Morgan fingerprint density at radius 1 is 0.644 bits per heavy atom. The first-order valence-corrected chi connectivity index (χ1v) is 20.2. The maximum absolute atomic E-state index is 13.1. The number of rotatable bonds is 9. The fourth-order valence-corrected chi connectivity index (χ4v) is 7.58. The van der Waals surface area contributed by atoms with Gasteiger partial charge in [-0.1, -0.05) is 59.6 Å². The van der Waals surface area contributed by atoms with Crippen molar-refractivity contribution >= 4 is 64.6 Å². The summed E-state index contributed by atoms with van der Waals surface area (Å²) in [4.78, 5) is 45.1. The Kier molecular flexibility index (Phi) is 15.7. The van der Waals surface area contributed by atoms with Crippen molar-refractivity contribution in [3.63, 3.8) is 0 Å². The van der Waals surface area contributed by atoms with Crippen molar-refractivity contribution in [3.05, 3.63) is 141 Å². The molecule has 2 aliphatic rings. The highest BCUT2D eigenvalue weighted by molar-refractivity contribution is 6.31. The molecule has 6 rings (SSSR count). The number of nitrogens with one attached hydrogen (secondary N) is 1. The number of primary amides is 1. The lowest BCUT2D eigenvalue weighted by Gasteiger charge is -2.44. The molecular formula is C45H51Cl2F2N7O3. The van der Waals surface area contributed by atoms with E-state index in [0.29, 0.717) is 53.2 Å². The van der Waals surface area contributed by atoms with E-state index in [2.05, 4.69) is 29.0 Å². The molecular weight excluding hydrogens is 795 g/mol. The van der Waals surface area contributed by atoms with E-state index in [0.717, 1.165) is 29.8 Å². The second kappa shape index (κ2) is 20.6. The van der Waals surface area contributed by atoms with Crippen LogP contribution in [0.3, 0.4) is 0 Å². The first-order chi connectivity index (χ1) is 28.1. The summed E-state index contributed by atoms with van der Waals surface area (Å²) in [6, 6.07) is 23.0. The third-order valence-corrected chi connectivity index (χ3v) is 11.0. The summed E-state index contributed by atoms with van der Waals surface area (Å²) in [7, 11) is 0. The van der Waals surface area contributed by atoms with E-state index < -0.39 is 6.03 Å². The van der Waals surface area contributed by atoms with Gasteiger partial charge in [0, 0.05) is 91.3 Å². The summed E-state index contributed by atoms with van der Waals surface area (Å²) < 4.78 is 26.3. The molecule has 5 N–H and O–H groups in total. The fraction of sp³-hybridized carbons (Fsp3) is 0.311. The van der Waals surface area contributed by atoms with Crippen LogP contribution in [-0.4, -0.2) is 87.8 Å². The Hall–Kier alpha value is -5.27. The van der Waals surface area contributed by atoms with Gasteiger partial charge in [-0.05, 0) is 111 Å². The van der Waals surface area contributed by atoms with Crippen LogP contribution in [0.5, 0.6) is 0 Å². The molecule has 10 nitrogen and oxygen atoms in total. The highest BCUT2D eigenvalue weighted by Gasteiger charge is 2.32. The third kappa shape index (κ3) is 12.9. The zero-order valence-electron chi connectivity index (χ0n) is 33.6. The second-order valence-electron chi connectivity index (χ2n) is 15.1. The average Bonchev–Trinajstić information content (AvgIpc) is 3.18. The summed E-state index contributed by atoms with van der Waals surface area (Å²) >= 11 is 11.9. The normalized spacial score (nSPS) is 20.1. The van der Waals surface area contributed by atoms with Crippen LogP contribution in [0.4, 0.5) is 25.0 Å². The SMILES string of the molecule is C[C@@H]1CN(C(=O)/C=C/c2ccc(Cl)cc2N)[C@@H](C)CN1Cc1ccc(F)cc1.C[C@@H]1CN(C(=O)/C=C/c2ccc(Cl)cc2NC(N)=O)[C@@H](C)CN1Cc1ccc(F)cc1. The molecule has 0 spiro atoms. The summed E-state index contributed by atoms with van der Waals surface area (Å²) in [5.41, 5.74) is 15.6. The first kappa shape index (κ1) is 44.8. The lowest BCUT2D eigenvalue weighted by molar-refractivity contribution is -0.132. The van der Waals surface area contributed by atoms with Crippen LogP contribution in [0.2, 0.25) is 10.0 Å². The maximum atomic E-state index is 13.1. The summed E-state index contributed by atoms with van der Waals surface area (Å²) in [6.45, 7) is 12.4. The molecule has 0 aliphatic carbocycles. The average molecular weight is 847 g/mol. The molecule has 0 bridgehead atoms. The van der Waals surface area contributed by atoms with Gasteiger partial charge in [0.05, 0.1) is 5.69 Å². The number of anilines is 2. The highest BCUT2D eigenvalue weighted by Crippen LogP contribution is 2.25. The van der Waals surface area contributed by atoms with E-state index >= 15 is 0 Å². The number of nitrogens with zero attached hydrogens (tertiary/aromatic N) is 4. The molecule has 4 atom stereocenters. The quantitative estimate of drug-likeness (QED) is 0.115. The molecule has 0 aromatic heterocycles. The van der Waals surface area contributed by atoms with E-state index in [1.54, 1.807) is 66.8 Å². The fourth-order valence-electron chi connectivity index (χ4n) is 7.23. The van der Waals surface area contributed by atoms with Crippen molar-refractivity contribution < 1.29 is 23.2 Å². The van der Waals surface area contributed by atoms with Crippen molar-refractivity contribution in [2.75, 3.05) is 37.2 Å². The van der Waals surface area contributed by atoms with Gasteiger partial charge >= 0.3 is 6.03 Å². The van der Waals surface area contributed by atoms with Gasteiger partial charge in [0.25, 0.3) is 0 Å². The largest absolute Gasteiger partial charge is 0.398 e. The number of urea groups is 1. The zero-order valence-corrected chi connectivity index (χ0v) is 35.1. The van der Waals surface area contributed by atoms with Gasteiger partial charge in [-0.2, -0.15) is 0 Å². The van der Waals surface area contributed by atoms with Crippen LogP contribution in [-0.2, 0) is 22.7 Å². The highest BCUT2D eigenvalue weighted by atomic mass is 35.5. The maximum Gasteiger partial charge on any atom is 0.316 e. The number of hydrogen-bond acceptors (Lipinski definition) is 6. The number of nitrogen functional groups attached to an aromatic ring is 1. The molecule has 14 heteroatoms. The molecule has 2 saturated heterocycles. The lowest BCUT2D eigenvalue weighted by Crippen LogP contribution is -2.57. The van der Waals surface area contributed by atoms with Crippen LogP contribution >= 0.6 is 23.2 Å². The van der Waals surface area contributed by atoms with Gasteiger partial charge in [-0.25, -0.2) is 13.6 Å². The van der Waals surface area contributed by atoms with Gasteiger partial charge in [0.1, 0.15) is 11.6 Å². The number of carbonyl (C=O) groups is 3. The predicted molar refractivity (Wildman–Crippen MR) is 233 cm³/mol. The minimum atomic E-state index is -0.706. The molecule has 2 aliphatic heterocycles. The molecule has 59 heavy (non-hydrogen) atoms.